The second-order valence-electron chi connectivity index (χ2n) is 19.3. The van der Waals surface area contributed by atoms with Gasteiger partial charge in [-0.15, -0.1) is 0 Å². The Morgan fingerprint density at radius 1 is 0.841 bits per heavy atom. The zero-order chi connectivity index (χ0) is 46.6. The molecule has 354 valence electrons. The average molecular weight is 884 g/mol. The van der Waals surface area contributed by atoms with Crippen LogP contribution in [0.4, 0.5) is 0 Å². The molecule has 1 aliphatic carbocycles. The summed E-state index contributed by atoms with van der Waals surface area (Å²) < 4.78 is 23.8. The molecule has 4 rings (SSSR count). The molecule has 2 saturated heterocycles. The summed E-state index contributed by atoms with van der Waals surface area (Å²) in [5, 5.41) is 33.5. The number of ether oxygens (including phenoxy) is 4. The molecule has 3 fully saturated rings. The van der Waals surface area contributed by atoms with Crippen LogP contribution in [0.5, 0.6) is 0 Å². The van der Waals surface area contributed by atoms with E-state index in [9.17, 15) is 39.3 Å². The highest BCUT2D eigenvalue weighted by molar-refractivity contribution is 6.39. The third-order valence-electron chi connectivity index (χ3n) is 14.2. The monoisotopic (exact) mass is 884 g/mol. The first kappa shape index (κ1) is 52.3. The van der Waals surface area contributed by atoms with Crippen molar-refractivity contribution in [2.75, 3.05) is 20.8 Å². The molecular formula is C50H77NO12. The summed E-state index contributed by atoms with van der Waals surface area (Å²) in [5.41, 5.74) is 1.39. The fourth-order valence-electron chi connectivity index (χ4n) is 9.78. The van der Waals surface area contributed by atoms with Crippen LogP contribution in [-0.2, 0) is 42.9 Å². The van der Waals surface area contributed by atoms with Gasteiger partial charge < -0.3 is 39.2 Å². The second-order valence-corrected chi connectivity index (χ2v) is 19.3. The number of Topliss-reactive ketones (excluding diaryl/α,β-unsaturated/α-hetero) is 3. The summed E-state index contributed by atoms with van der Waals surface area (Å²) in [6, 6.07) is -1.12. The number of amides is 1. The summed E-state index contributed by atoms with van der Waals surface area (Å²) in [6.07, 6.45) is 13.0. The zero-order valence-electron chi connectivity index (χ0n) is 39.3. The van der Waals surface area contributed by atoms with Gasteiger partial charge in [0.25, 0.3) is 11.7 Å². The van der Waals surface area contributed by atoms with E-state index in [1.807, 2.05) is 58.1 Å². The Morgan fingerprint density at radius 2 is 1.57 bits per heavy atom. The van der Waals surface area contributed by atoms with E-state index in [2.05, 4.69) is 0 Å². The van der Waals surface area contributed by atoms with Gasteiger partial charge in [0, 0.05) is 57.8 Å². The predicted molar refractivity (Wildman–Crippen MR) is 239 cm³/mol. The number of cyclic esters (lactones) is 1. The summed E-state index contributed by atoms with van der Waals surface area (Å²) in [6.45, 7) is 12.9. The van der Waals surface area contributed by atoms with Gasteiger partial charge in [0.2, 0.25) is 5.79 Å². The number of ketones is 3. The van der Waals surface area contributed by atoms with Gasteiger partial charge in [-0.25, -0.2) is 4.79 Å². The molecule has 4 aliphatic rings. The predicted octanol–water partition coefficient (Wildman–Crippen LogP) is 6.56. The van der Waals surface area contributed by atoms with Crippen molar-refractivity contribution < 1.29 is 58.2 Å². The van der Waals surface area contributed by atoms with Crippen LogP contribution < -0.4 is 0 Å². The largest absolute Gasteiger partial charge is 0.460 e. The molecule has 0 aromatic rings. The van der Waals surface area contributed by atoms with Gasteiger partial charge in [-0.2, -0.15) is 0 Å². The number of fused-ring (bicyclic) bond motifs is 3. The minimum absolute atomic E-state index is 0.0725. The standard InChI is InChI=1S/C50H77NO12/c1-30-15-11-10-12-16-31(2)44(60-8)27-38-20-18-36(7)50(59,63-38)47(56)48(57)51-22-14-13-17-39(51)49(58)62-45(35(6)25-37-19-21-40(52)46(26-37)61-9)29-43(55)34(5)24-33(4)42(54)28-41(53)32(3)23-30/h10-12,15-16,24,30,32,34-40,42,44-46,52,54,59H,13-14,17-23,25-29H2,1-9H3/b12-10-,15-11-,31-16-,33-24-/t30-,32-,34-,35-,36-,37+,38+,39+,40-,42+,44+,45+,46-,50-/m1/s1. The van der Waals surface area contributed by atoms with Gasteiger partial charge in [-0.05, 0) is 107 Å². The molecule has 0 unspecified atom stereocenters. The van der Waals surface area contributed by atoms with Crippen molar-refractivity contribution in [1.29, 1.82) is 0 Å². The highest BCUT2D eigenvalue weighted by Gasteiger charge is 2.53. The lowest BCUT2D eigenvalue weighted by Crippen LogP contribution is -2.61. The highest BCUT2D eigenvalue weighted by Crippen LogP contribution is 2.37. The molecule has 63 heavy (non-hydrogen) atoms. The summed E-state index contributed by atoms with van der Waals surface area (Å²) >= 11 is 0. The first-order chi connectivity index (χ1) is 29.8. The van der Waals surface area contributed by atoms with E-state index in [-0.39, 0.29) is 67.1 Å². The van der Waals surface area contributed by atoms with E-state index in [0.29, 0.717) is 63.4 Å². The van der Waals surface area contributed by atoms with Crippen molar-refractivity contribution >= 4 is 29.2 Å². The lowest BCUT2D eigenvalue weighted by atomic mass is 9.78. The van der Waals surface area contributed by atoms with Crippen LogP contribution in [0.1, 0.15) is 132 Å². The molecule has 1 amide bonds. The number of rotatable bonds is 5. The Balaban J connectivity index is 1.67. The molecule has 13 nitrogen and oxygen atoms in total. The number of aliphatic hydroxyl groups excluding tert-OH is 2. The van der Waals surface area contributed by atoms with Crippen LogP contribution in [0.2, 0.25) is 0 Å². The van der Waals surface area contributed by atoms with Gasteiger partial charge in [0.15, 0.2) is 0 Å². The number of carbonyl (C=O) groups excluding carboxylic acids is 5. The van der Waals surface area contributed by atoms with Crippen LogP contribution in [0, 0.1) is 35.5 Å². The fourth-order valence-corrected chi connectivity index (χ4v) is 9.78. The fraction of sp³-hybridized carbons (Fsp3) is 0.740. The minimum Gasteiger partial charge on any atom is -0.460 e. The lowest BCUT2D eigenvalue weighted by molar-refractivity contribution is -0.265. The van der Waals surface area contributed by atoms with Gasteiger partial charge in [0.1, 0.15) is 23.7 Å². The van der Waals surface area contributed by atoms with Gasteiger partial charge in [0.05, 0.1) is 30.5 Å². The van der Waals surface area contributed by atoms with Gasteiger partial charge >= 0.3 is 5.97 Å². The maximum absolute atomic E-state index is 14.3. The third-order valence-corrected chi connectivity index (χ3v) is 14.2. The van der Waals surface area contributed by atoms with Crippen molar-refractivity contribution in [1.82, 2.24) is 4.90 Å². The maximum atomic E-state index is 14.3. The van der Waals surface area contributed by atoms with Gasteiger partial charge in [-0.3, -0.25) is 19.2 Å². The first-order valence-corrected chi connectivity index (χ1v) is 23.4. The van der Waals surface area contributed by atoms with E-state index in [1.54, 1.807) is 41.1 Å². The van der Waals surface area contributed by atoms with Crippen molar-refractivity contribution in [3.05, 3.63) is 47.6 Å². The van der Waals surface area contributed by atoms with E-state index in [1.165, 1.54) is 4.90 Å². The Bertz CT molecular complexity index is 1700. The smallest absolute Gasteiger partial charge is 0.329 e. The molecule has 1 saturated carbocycles. The number of allylic oxidation sites excluding steroid dienone is 6. The first-order valence-electron chi connectivity index (χ1n) is 23.4. The van der Waals surface area contributed by atoms with Gasteiger partial charge in [-0.1, -0.05) is 71.1 Å². The topological polar surface area (TPSA) is 186 Å². The van der Waals surface area contributed by atoms with Crippen molar-refractivity contribution in [3.8, 4) is 0 Å². The number of hydrogen-bond acceptors (Lipinski definition) is 12. The summed E-state index contributed by atoms with van der Waals surface area (Å²) in [5.74, 6) is -7.36. The van der Waals surface area contributed by atoms with E-state index in [4.69, 9.17) is 18.9 Å². The number of carbonyl (C=O) groups is 5. The quantitative estimate of drug-likeness (QED) is 0.154. The lowest BCUT2D eigenvalue weighted by Gasteiger charge is -2.42. The SMILES string of the molecule is CO[C@H]1C[C@@H]2CC[C@@H](C)[C@@](O)(O2)C(=O)C(=O)N2CCCC[C@H]2C(=O)O[C@H]([C@H](C)C[C@@H]2CC[C@@H](O)[C@H](OC)C2)CC(=O)[C@H](C)/C=C(/C)[C@@H](O)CC(=O)[C@H](C)C[C@H](C)\C=C/C=C\C=C/1C. The zero-order valence-corrected chi connectivity index (χ0v) is 39.3. The third kappa shape index (κ3) is 14.3. The average Bonchev–Trinajstić information content (AvgIpc) is 3.25. The highest BCUT2D eigenvalue weighted by atomic mass is 16.6. The maximum Gasteiger partial charge on any atom is 0.329 e. The normalized spacial score (nSPS) is 40.1. The number of hydrogen-bond donors (Lipinski definition) is 3. The molecule has 3 aliphatic heterocycles. The molecule has 0 spiro atoms. The minimum atomic E-state index is -2.42. The number of piperidine rings is 1. The number of methoxy groups -OCH3 is 2. The second kappa shape index (κ2) is 24.3. The number of esters is 1. The Labute approximate surface area is 375 Å². The van der Waals surface area contributed by atoms with E-state index >= 15 is 0 Å². The molecule has 0 aromatic heterocycles. The number of aliphatic hydroxyl groups is 3. The van der Waals surface area contributed by atoms with E-state index in [0.717, 1.165) is 12.0 Å². The van der Waals surface area contributed by atoms with Crippen molar-refractivity contribution in [3.63, 3.8) is 0 Å². The molecule has 2 bridgehead atoms. The Kier molecular flexibility index (Phi) is 20.1. The number of nitrogens with zero attached hydrogens (tertiary/aromatic N) is 1. The Hall–Kier alpha value is -3.33. The molecule has 14 atom stereocenters. The van der Waals surface area contributed by atoms with Crippen molar-refractivity contribution in [2.45, 2.75) is 180 Å². The molecule has 0 radical (unpaired) electrons. The molecule has 3 N–H and O–H groups in total. The molecular weight excluding hydrogens is 807 g/mol. The van der Waals surface area contributed by atoms with Crippen LogP contribution in [0.25, 0.3) is 0 Å². The van der Waals surface area contributed by atoms with Crippen LogP contribution in [0.3, 0.4) is 0 Å². The molecule has 3 heterocycles. The van der Waals surface area contributed by atoms with E-state index < -0.39 is 71.8 Å². The molecule has 13 heteroatoms. The summed E-state index contributed by atoms with van der Waals surface area (Å²) in [7, 11) is 3.15. The van der Waals surface area contributed by atoms with Crippen LogP contribution in [-0.4, -0.2) is 119 Å². The summed E-state index contributed by atoms with van der Waals surface area (Å²) in [4.78, 5) is 71.1. The van der Waals surface area contributed by atoms with Crippen LogP contribution >= 0.6 is 0 Å². The molecule has 0 aromatic carbocycles. The Morgan fingerprint density at radius 3 is 2.27 bits per heavy atom. The van der Waals surface area contributed by atoms with Crippen molar-refractivity contribution in [2.24, 2.45) is 35.5 Å². The van der Waals surface area contributed by atoms with Crippen LogP contribution in [0.15, 0.2) is 47.6 Å².